The number of nitrogens with zero attached hydrogens (tertiary/aromatic N) is 1. The van der Waals surface area contributed by atoms with Crippen LogP contribution < -0.4 is 4.90 Å². The van der Waals surface area contributed by atoms with Crippen LogP contribution in [0.25, 0.3) is 10.8 Å². The normalized spacial score (nSPS) is 10.0. The Labute approximate surface area is 96.7 Å². The number of rotatable bonds is 3. The van der Waals surface area contributed by atoms with Gasteiger partial charge in [0.1, 0.15) is 0 Å². The van der Waals surface area contributed by atoms with Gasteiger partial charge in [0.15, 0.2) is 0 Å². The summed E-state index contributed by atoms with van der Waals surface area (Å²) in [6.07, 6.45) is 7.10. The van der Waals surface area contributed by atoms with Gasteiger partial charge in [-0.1, -0.05) is 42.3 Å². The van der Waals surface area contributed by atoms with Crippen LogP contribution in [0.4, 0.5) is 5.69 Å². The van der Waals surface area contributed by atoms with Crippen LogP contribution in [0.1, 0.15) is 6.92 Å². The SMILES string of the molecule is [C]#CCN(CC)c1cccc2ccccc12. The quantitative estimate of drug-likeness (QED) is 0.700. The first-order valence-electron chi connectivity index (χ1n) is 5.49. The predicted molar refractivity (Wildman–Crippen MR) is 69.0 cm³/mol. The number of hydrogen-bond acceptors (Lipinski definition) is 1. The molecule has 79 valence electrons. The second-order valence-corrected chi connectivity index (χ2v) is 3.69. The third kappa shape index (κ3) is 1.87. The van der Waals surface area contributed by atoms with Gasteiger partial charge in [-0.15, -0.1) is 0 Å². The second kappa shape index (κ2) is 4.72. The van der Waals surface area contributed by atoms with Crippen LogP contribution in [0.5, 0.6) is 0 Å². The van der Waals surface area contributed by atoms with Gasteiger partial charge < -0.3 is 4.90 Å². The van der Waals surface area contributed by atoms with Crippen LogP contribution in [-0.4, -0.2) is 13.1 Å². The van der Waals surface area contributed by atoms with E-state index in [-0.39, 0.29) is 0 Å². The number of benzene rings is 2. The molecule has 2 aromatic carbocycles. The van der Waals surface area contributed by atoms with Crippen LogP contribution >= 0.6 is 0 Å². The molecule has 0 heterocycles. The predicted octanol–water partition coefficient (Wildman–Crippen LogP) is 3.26. The Kier molecular flexibility index (Phi) is 3.12. The standard InChI is InChI=1S/C15H14N/c1-3-12-16(4-2)15-11-7-9-13-8-5-6-10-14(13)15/h5-11H,4,12H2,2H3. The van der Waals surface area contributed by atoms with Crippen molar-refractivity contribution in [3.63, 3.8) is 0 Å². The van der Waals surface area contributed by atoms with Crippen molar-refractivity contribution in [1.29, 1.82) is 0 Å². The van der Waals surface area contributed by atoms with E-state index >= 15 is 0 Å². The number of fused-ring (bicyclic) bond motifs is 1. The van der Waals surface area contributed by atoms with Crippen LogP contribution in [0, 0.1) is 12.3 Å². The fourth-order valence-corrected chi connectivity index (χ4v) is 1.95. The highest BCUT2D eigenvalue weighted by molar-refractivity contribution is 5.94. The molecule has 0 aliphatic heterocycles. The molecule has 0 aliphatic carbocycles. The lowest BCUT2D eigenvalue weighted by molar-refractivity contribution is 0.923. The van der Waals surface area contributed by atoms with Gasteiger partial charge in [0.2, 0.25) is 0 Å². The van der Waals surface area contributed by atoms with Crippen molar-refractivity contribution in [2.24, 2.45) is 0 Å². The molecular formula is C15H14N. The third-order valence-corrected chi connectivity index (χ3v) is 2.76. The van der Waals surface area contributed by atoms with Crippen molar-refractivity contribution in [2.75, 3.05) is 18.0 Å². The molecule has 0 aliphatic rings. The van der Waals surface area contributed by atoms with E-state index in [1.165, 1.54) is 16.5 Å². The Balaban J connectivity index is 2.55. The van der Waals surface area contributed by atoms with Gasteiger partial charge >= 0.3 is 0 Å². The fourth-order valence-electron chi connectivity index (χ4n) is 1.95. The molecule has 0 atom stereocenters. The summed E-state index contributed by atoms with van der Waals surface area (Å²) in [4.78, 5) is 2.15. The minimum Gasteiger partial charge on any atom is -0.360 e. The van der Waals surface area contributed by atoms with Crippen LogP contribution in [-0.2, 0) is 0 Å². The van der Waals surface area contributed by atoms with E-state index < -0.39 is 0 Å². The van der Waals surface area contributed by atoms with Gasteiger partial charge in [-0.25, -0.2) is 0 Å². The van der Waals surface area contributed by atoms with Gasteiger partial charge in [-0.2, -0.15) is 0 Å². The van der Waals surface area contributed by atoms with Gasteiger partial charge in [0.05, 0.1) is 6.54 Å². The molecule has 0 spiro atoms. The van der Waals surface area contributed by atoms with Crippen molar-refractivity contribution in [3.8, 4) is 5.92 Å². The zero-order valence-electron chi connectivity index (χ0n) is 9.40. The van der Waals surface area contributed by atoms with E-state index in [0.717, 1.165) is 6.54 Å². The summed E-state index contributed by atoms with van der Waals surface area (Å²) < 4.78 is 0. The lowest BCUT2D eigenvalue weighted by Gasteiger charge is -2.22. The molecule has 0 unspecified atom stereocenters. The summed E-state index contributed by atoms with van der Waals surface area (Å²) in [6, 6.07) is 14.6. The molecule has 2 rings (SSSR count). The number of anilines is 1. The zero-order valence-corrected chi connectivity index (χ0v) is 9.40. The summed E-state index contributed by atoms with van der Waals surface area (Å²) in [6.45, 7) is 3.53. The Morgan fingerprint density at radius 1 is 1.12 bits per heavy atom. The molecule has 0 saturated heterocycles. The van der Waals surface area contributed by atoms with E-state index in [2.05, 4.69) is 48.1 Å². The van der Waals surface area contributed by atoms with Crippen LogP contribution in [0.3, 0.4) is 0 Å². The highest BCUT2D eigenvalue weighted by atomic mass is 15.1. The number of hydrogen-bond donors (Lipinski definition) is 0. The molecule has 0 bridgehead atoms. The molecule has 2 aromatic rings. The minimum atomic E-state index is 0.546. The maximum Gasteiger partial charge on any atom is 0.0804 e. The maximum absolute atomic E-state index is 7.10. The average Bonchev–Trinajstić information content (AvgIpc) is 2.35. The van der Waals surface area contributed by atoms with Crippen molar-refractivity contribution in [3.05, 3.63) is 48.9 Å². The van der Waals surface area contributed by atoms with E-state index in [1.807, 2.05) is 12.1 Å². The average molecular weight is 208 g/mol. The summed E-state index contributed by atoms with van der Waals surface area (Å²) in [7, 11) is 0. The van der Waals surface area contributed by atoms with Gasteiger partial charge in [-0.3, -0.25) is 0 Å². The highest BCUT2D eigenvalue weighted by Gasteiger charge is 2.06. The van der Waals surface area contributed by atoms with E-state index in [4.69, 9.17) is 6.42 Å². The smallest absolute Gasteiger partial charge is 0.0804 e. The summed E-state index contributed by atoms with van der Waals surface area (Å²) in [5.74, 6) is 2.46. The highest BCUT2D eigenvalue weighted by Crippen LogP contribution is 2.26. The minimum absolute atomic E-state index is 0.546. The molecule has 16 heavy (non-hydrogen) atoms. The molecule has 0 N–H and O–H groups in total. The molecule has 0 amide bonds. The first kappa shape index (κ1) is 10.6. The van der Waals surface area contributed by atoms with Crippen LogP contribution in [0.2, 0.25) is 0 Å². The first-order valence-corrected chi connectivity index (χ1v) is 5.49. The Bertz CT molecular complexity index is 517. The third-order valence-electron chi connectivity index (χ3n) is 2.76. The van der Waals surface area contributed by atoms with Crippen molar-refractivity contribution < 1.29 is 0 Å². The Morgan fingerprint density at radius 2 is 1.88 bits per heavy atom. The first-order chi connectivity index (χ1) is 7.86. The molecule has 1 nitrogen and oxygen atoms in total. The van der Waals surface area contributed by atoms with Crippen LogP contribution in [0.15, 0.2) is 42.5 Å². The monoisotopic (exact) mass is 208 g/mol. The van der Waals surface area contributed by atoms with Crippen molar-refractivity contribution >= 4 is 16.5 Å². The molecule has 0 fully saturated rings. The van der Waals surface area contributed by atoms with E-state index in [9.17, 15) is 0 Å². The second-order valence-electron chi connectivity index (χ2n) is 3.69. The molecule has 1 radical (unpaired) electrons. The van der Waals surface area contributed by atoms with E-state index in [1.54, 1.807) is 0 Å². The molecular weight excluding hydrogens is 194 g/mol. The lowest BCUT2D eigenvalue weighted by atomic mass is 10.1. The summed E-state index contributed by atoms with van der Waals surface area (Å²) >= 11 is 0. The topological polar surface area (TPSA) is 3.24 Å². The van der Waals surface area contributed by atoms with Gasteiger partial charge in [0, 0.05) is 17.6 Å². The Morgan fingerprint density at radius 3 is 2.62 bits per heavy atom. The molecule has 0 aromatic heterocycles. The fraction of sp³-hybridized carbons (Fsp3) is 0.200. The summed E-state index contributed by atoms with van der Waals surface area (Å²) in [5.41, 5.74) is 1.18. The zero-order chi connectivity index (χ0) is 11.4. The largest absolute Gasteiger partial charge is 0.360 e. The van der Waals surface area contributed by atoms with Gasteiger partial charge in [-0.05, 0) is 24.8 Å². The van der Waals surface area contributed by atoms with E-state index in [0.29, 0.717) is 6.54 Å². The van der Waals surface area contributed by atoms with Gasteiger partial charge in [0.25, 0.3) is 0 Å². The summed E-state index contributed by atoms with van der Waals surface area (Å²) in [5, 5.41) is 2.48. The molecule has 1 heteroatoms. The lowest BCUT2D eigenvalue weighted by Crippen LogP contribution is -2.22. The molecule has 0 saturated carbocycles. The van der Waals surface area contributed by atoms with Crippen molar-refractivity contribution in [1.82, 2.24) is 0 Å². The maximum atomic E-state index is 7.10. The Hall–Kier alpha value is -1.94. The van der Waals surface area contributed by atoms with Crippen molar-refractivity contribution in [2.45, 2.75) is 6.92 Å².